The third kappa shape index (κ3) is 0.741. The molecule has 0 amide bonds. The monoisotopic (exact) mass is 137 g/mol. The fourth-order valence-corrected chi connectivity index (χ4v) is 2.36. The molecule has 2 aliphatic rings. The molecule has 2 rings (SSSR count). The molecule has 57 valence electrons. The molecule has 1 radical (unpaired) electrons. The van der Waals surface area contributed by atoms with E-state index in [9.17, 15) is 0 Å². The molecular weight excluding hydrogens is 120 g/mol. The van der Waals surface area contributed by atoms with Gasteiger partial charge in [-0.2, -0.15) is 0 Å². The van der Waals surface area contributed by atoms with Gasteiger partial charge in [0.05, 0.1) is 0 Å². The van der Waals surface area contributed by atoms with Crippen molar-refractivity contribution < 1.29 is 0 Å². The SMILES string of the molecule is CC1(C)CC[C]1C1(C)CC1. The lowest BCUT2D eigenvalue weighted by Crippen LogP contribution is -2.37. The Bertz CT molecular complexity index is 147. The molecule has 0 aliphatic heterocycles. The summed E-state index contributed by atoms with van der Waals surface area (Å²) in [6.07, 6.45) is 5.78. The summed E-state index contributed by atoms with van der Waals surface area (Å²) in [5, 5.41) is 0. The van der Waals surface area contributed by atoms with Gasteiger partial charge in [-0.3, -0.25) is 0 Å². The Morgan fingerprint density at radius 3 is 1.70 bits per heavy atom. The van der Waals surface area contributed by atoms with Crippen LogP contribution in [0.4, 0.5) is 0 Å². The molecule has 2 fully saturated rings. The van der Waals surface area contributed by atoms with Gasteiger partial charge in [0.2, 0.25) is 0 Å². The maximum absolute atomic E-state index is 2.43. The summed E-state index contributed by atoms with van der Waals surface area (Å²) >= 11 is 0. The van der Waals surface area contributed by atoms with Crippen LogP contribution in [0.5, 0.6) is 0 Å². The van der Waals surface area contributed by atoms with Gasteiger partial charge in [-0.15, -0.1) is 0 Å². The van der Waals surface area contributed by atoms with E-state index in [2.05, 4.69) is 20.8 Å². The Kier molecular flexibility index (Phi) is 1.07. The zero-order chi connectivity index (χ0) is 7.41. The third-order valence-electron chi connectivity index (χ3n) is 3.55. The molecule has 2 saturated carbocycles. The highest BCUT2D eigenvalue weighted by Gasteiger charge is 2.55. The molecular formula is C10H17. The smallest absolute Gasteiger partial charge is 0.0125 e. The largest absolute Gasteiger partial charge is 0.0593 e. The number of hydrogen-bond donors (Lipinski definition) is 0. The maximum Gasteiger partial charge on any atom is -0.0125 e. The van der Waals surface area contributed by atoms with Crippen LogP contribution in [0.15, 0.2) is 0 Å². The Hall–Kier alpha value is 0. The molecule has 0 heterocycles. The summed E-state index contributed by atoms with van der Waals surface area (Å²) in [5.74, 6) is 1.86. The van der Waals surface area contributed by atoms with Gasteiger partial charge in [-0.05, 0) is 42.4 Å². The minimum atomic E-state index is 0.602. The number of hydrogen-bond acceptors (Lipinski definition) is 0. The van der Waals surface area contributed by atoms with E-state index < -0.39 is 0 Å². The molecule has 0 saturated heterocycles. The van der Waals surface area contributed by atoms with Crippen LogP contribution >= 0.6 is 0 Å². The lowest BCUT2D eigenvalue weighted by molar-refractivity contribution is 0.177. The second-order valence-electron chi connectivity index (χ2n) is 4.92. The van der Waals surface area contributed by atoms with Gasteiger partial charge in [0.1, 0.15) is 0 Å². The number of rotatable bonds is 1. The van der Waals surface area contributed by atoms with Gasteiger partial charge >= 0.3 is 0 Å². The predicted molar refractivity (Wildman–Crippen MR) is 43.6 cm³/mol. The van der Waals surface area contributed by atoms with Gasteiger partial charge in [0.15, 0.2) is 0 Å². The molecule has 0 nitrogen and oxygen atoms in total. The molecule has 0 unspecified atom stereocenters. The van der Waals surface area contributed by atoms with Crippen molar-refractivity contribution in [1.82, 2.24) is 0 Å². The first kappa shape index (κ1) is 6.69. The second-order valence-corrected chi connectivity index (χ2v) is 4.92. The Morgan fingerprint density at radius 1 is 1.00 bits per heavy atom. The minimum absolute atomic E-state index is 0.602. The van der Waals surface area contributed by atoms with Crippen LogP contribution in [0.3, 0.4) is 0 Å². The van der Waals surface area contributed by atoms with E-state index in [1.807, 2.05) is 5.92 Å². The molecule has 0 aromatic carbocycles. The summed E-state index contributed by atoms with van der Waals surface area (Å²) < 4.78 is 0. The third-order valence-corrected chi connectivity index (χ3v) is 3.55. The van der Waals surface area contributed by atoms with Gasteiger partial charge < -0.3 is 0 Å². The first-order valence-electron chi connectivity index (χ1n) is 4.41. The summed E-state index contributed by atoms with van der Waals surface area (Å²) in [5.41, 5.74) is 1.30. The maximum atomic E-state index is 2.43. The Labute approximate surface area is 64.0 Å². The van der Waals surface area contributed by atoms with Crippen molar-refractivity contribution in [3.8, 4) is 0 Å². The van der Waals surface area contributed by atoms with E-state index in [0.29, 0.717) is 10.8 Å². The van der Waals surface area contributed by atoms with E-state index in [1.54, 1.807) is 0 Å². The standard InChI is InChI=1S/C10H17/c1-9(2)5-4-8(9)10(3)6-7-10/h4-7H2,1-3H3. The molecule has 0 heteroatoms. The van der Waals surface area contributed by atoms with E-state index in [1.165, 1.54) is 25.7 Å². The highest BCUT2D eigenvalue weighted by Crippen LogP contribution is 2.66. The fourth-order valence-electron chi connectivity index (χ4n) is 2.36. The van der Waals surface area contributed by atoms with Gasteiger partial charge in [0, 0.05) is 0 Å². The van der Waals surface area contributed by atoms with Crippen LogP contribution in [0, 0.1) is 16.7 Å². The van der Waals surface area contributed by atoms with Crippen molar-refractivity contribution >= 4 is 0 Å². The fraction of sp³-hybridized carbons (Fsp3) is 0.900. The second kappa shape index (κ2) is 1.60. The lowest BCUT2D eigenvalue weighted by atomic mass is 9.57. The van der Waals surface area contributed by atoms with Crippen LogP contribution in [-0.4, -0.2) is 0 Å². The first-order chi connectivity index (χ1) is 4.55. The average molecular weight is 137 g/mol. The molecule has 0 aromatic heterocycles. The van der Waals surface area contributed by atoms with Crippen molar-refractivity contribution in [2.24, 2.45) is 10.8 Å². The normalized spacial score (nSPS) is 35.1. The molecule has 0 aromatic rings. The van der Waals surface area contributed by atoms with Gasteiger partial charge in [0.25, 0.3) is 0 Å². The summed E-state index contributed by atoms with van der Waals surface area (Å²) in [6.45, 7) is 7.23. The quantitative estimate of drug-likeness (QED) is 0.520. The Morgan fingerprint density at radius 2 is 1.60 bits per heavy atom. The zero-order valence-corrected chi connectivity index (χ0v) is 7.33. The topological polar surface area (TPSA) is 0 Å². The summed E-state index contributed by atoms with van der Waals surface area (Å²) in [6, 6.07) is 0. The first-order valence-corrected chi connectivity index (χ1v) is 4.41. The zero-order valence-electron chi connectivity index (χ0n) is 7.33. The molecule has 2 aliphatic carbocycles. The summed E-state index contributed by atoms with van der Waals surface area (Å²) in [7, 11) is 0. The van der Waals surface area contributed by atoms with Crippen LogP contribution in [0.1, 0.15) is 46.5 Å². The highest BCUT2D eigenvalue weighted by molar-refractivity contribution is 5.25. The average Bonchev–Trinajstić information content (AvgIpc) is 2.46. The molecule has 0 N–H and O–H groups in total. The van der Waals surface area contributed by atoms with Crippen LogP contribution < -0.4 is 0 Å². The van der Waals surface area contributed by atoms with Crippen molar-refractivity contribution in [1.29, 1.82) is 0 Å². The lowest BCUT2D eigenvalue weighted by Gasteiger charge is -2.48. The van der Waals surface area contributed by atoms with Gasteiger partial charge in [-0.1, -0.05) is 20.8 Å². The van der Waals surface area contributed by atoms with E-state index in [0.717, 1.165) is 0 Å². The van der Waals surface area contributed by atoms with E-state index >= 15 is 0 Å². The summed E-state index contributed by atoms with van der Waals surface area (Å²) in [4.78, 5) is 0. The Balaban J connectivity index is 2.07. The van der Waals surface area contributed by atoms with Crippen LogP contribution in [-0.2, 0) is 0 Å². The van der Waals surface area contributed by atoms with Crippen LogP contribution in [0.25, 0.3) is 0 Å². The molecule has 0 spiro atoms. The van der Waals surface area contributed by atoms with Gasteiger partial charge in [-0.25, -0.2) is 0 Å². The van der Waals surface area contributed by atoms with Crippen molar-refractivity contribution in [3.05, 3.63) is 5.92 Å². The molecule has 0 atom stereocenters. The highest BCUT2D eigenvalue weighted by atomic mass is 14.6. The van der Waals surface area contributed by atoms with Crippen molar-refractivity contribution in [3.63, 3.8) is 0 Å². The molecule has 0 bridgehead atoms. The van der Waals surface area contributed by atoms with E-state index in [-0.39, 0.29) is 0 Å². The predicted octanol–water partition coefficient (Wildman–Crippen LogP) is 3.18. The van der Waals surface area contributed by atoms with Crippen LogP contribution in [0.2, 0.25) is 0 Å². The van der Waals surface area contributed by atoms with Crippen molar-refractivity contribution in [2.75, 3.05) is 0 Å². The van der Waals surface area contributed by atoms with E-state index in [4.69, 9.17) is 0 Å². The molecule has 10 heavy (non-hydrogen) atoms. The minimum Gasteiger partial charge on any atom is -0.0593 e. The van der Waals surface area contributed by atoms with Crippen molar-refractivity contribution in [2.45, 2.75) is 46.5 Å².